The second kappa shape index (κ2) is 4.79. The first kappa shape index (κ1) is 13.7. The van der Waals surface area contributed by atoms with Gasteiger partial charge in [0.15, 0.2) is 10.9 Å². The lowest BCUT2D eigenvalue weighted by atomic mass is 10.1. The van der Waals surface area contributed by atoms with Gasteiger partial charge in [-0.3, -0.25) is 4.79 Å². The molecule has 5 nitrogen and oxygen atoms in total. The summed E-state index contributed by atoms with van der Waals surface area (Å²) in [4.78, 5) is 16.7. The molecule has 0 saturated carbocycles. The van der Waals surface area contributed by atoms with E-state index in [1.165, 1.54) is 18.2 Å². The maximum atomic E-state index is 13.4. The SMILES string of the molecule is Nc1nc2ccc3oc(-c4cccc(F)c4)c(O)c(=O)c3c2s1. The van der Waals surface area contributed by atoms with Crippen LogP contribution in [-0.4, -0.2) is 10.1 Å². The Balaban J connectivity index is 2.12. The van der Waals surface area contributed by atoms with Crippen LogP contribution in [0.1, 0.15) is 0 Å². The van der Waals surface area contributed by atoms with Crippen molar-refractivity contribution in [2.45, 2.75) is 0 Å². The summed E-state index contributed by atoms with van der Waals surface area (Å²) < 4.78 is 19.6. The van der Waals surface area contributed by atoms with Crippen molar-refractivity contribution in [3.63, 3.8) is 0 Å². The zero-order valence-corrected chi connectivity index (χ0v) is 12.4. The molecule has 0 aliphatic carbocycles. The lowest BCUT2D eigenvalue weighted by Crippen LogP contribution is -2.02. The number of halogens is 1. The van der Waals surface area contributed by atoms with Crippen molar-refractivity contribution in [1.82, 2.24) is 4.98 Å². The molecule has 2 heterocycles. The van der Waals surface area contributed by atoms with Crippen LogP contribution in [0.25, 0.3) is 32.5 Å². The number of hydrogen-bond donors (Lipinski definition) is 2. The van der Waals surface area contributed by atoms with Crippen LogP contribution in [0.3, 0.4) is 0 Å². The smallest absolute Gasteiger partial charge is 0.236 e. The van der Waals surface area contributed by atoms with Gasteiger partial charge >= 0.3 is 0 Å². The third kappa shape index (κ3) is 2.05. The van der Waals surface area contributed by atoms with E-state index in [1.807, 2.05) is 0 Å². The Morgan fingerprint density at radius 1 is 1.26 bits per heavy atom. The summed E-state index contributed by atoms with van der Waals surface area (Å²) in [5.41, 5.74) is 6.20. The summed E-state index contributed by atoms with van der Waals surface area (Å²) >= 11 is 1.14. The molecular formula is C16H9FN2O3S. The van der Waals surface area contributed by atoms with E-state index in [0.29, 0.717) is 15.3 Å². The zero-order valence-electron chi connectivity index (χ0n) is 11.5. The number of rotatable bonds is 1. The van der Waals surface area contributed by atoms with Gasteiger partial charge in [0.25, 0.3) is 0 Å². The molecule has 0 saturated heterocycles. The monoisotopic (exact) mass is 328 g/mol. The van der Waals surface area contributed by atoms with Gasteiger partial charge < -0.3 is 15.3 Å². The molecule has 0 aliphatic heterocycles. The molecule has 7 heteroatoms. The average Bonchev–Trinajstić information content (AvgIpc) is 2.90. The summed E-state index contributed by atoms with van der Waals surface area (Å²) in [6, 6.07) is 8.74. The molecule has 2 aromatic heterocycles. The largest absolute Gasteiger partial charge is 0.502 e. The lowest BCUT2D eigenvalue weighted by molar-refractivity contribution is 0.449. The number of benzene rings is 2. The fourth-order valence-corrected chi connectivity index (χ4v) is 3.36. The molecule has 4 aromatic rings. The van der Waals surface area contributed by atoms with E-state index in [9.17, 15) is 14.3 Å². The number of nitrogen functional groups attached to an aromatic ring is 1. The molecule has 0 aliphatic rings. The van der Waals surface area contributed by atoms with Gasteiger partial charge in [-0.25, -0.2) is 9.37 Å². The Hall–Kier alpha value is -2.93. The molecular weight excluding hydrogens is 319 g/mol. The predicted octanol–water partition coefficient (Wildman–Crippen LogP) is 3.50. The van der Waals surface area contributed by atoms with Crippen molar-refractivity contribution in [2.75, 3.05) is 5.73 Å². The van der Waals surface area contributed by atoms with E-state index >= 15 is 0 Å². The molecule has 3 N–H and O–H groups in total. The zero-order chi connectivity index (χ0) is 16.1. The van der Waals surface area contributed by atoms with Gasteiger partial charge in [-0.2, -0.15) is 0 Å². The van der Waals surface area contributed by atoms with E-state index in [-0.39, 0.29) is 22.3 Å². The van der Waals surface area contributed by atoms with Crippen molar-refractivity contribution >= 4 is 37.7 Å². The third-order valence-corrected chi connectivity index (χ3v) is 4.41. The fourth-order valence-electron chi connectivity index (χ4n) is 2.50. The molecule has 0 amide bonds. The number of nitrogens with zero attached hydrogens (tertiary/aromatic N) is 1. The summed E-state index contributed by atoms with van der Waals surface area (Å²) in [5.74, 6) is -1.13. The first-order valence-electron chi connectivity index (χ1n) is 6.65. The molecule has 114 valence electrons. The minimum Gasteiger partial charge on any atom is -0.502 e. The Morgan fingerprint density at radius 2 is 2.09 bits per heavy atom. The maximum Gasteiger partial charge on any atom is 0.236 e. The average molecular weight is 328 g/mol. The van der Waals surface area contributed by atoms with Crippen LogP contribution in [-0.2, 0) is 0 Å². The van der Waals surface area contributed by atoms with E-state index < -0.39 is 17.0 Å². The molecule has 0 atom stereocenters. The lowest BCUT2D eigenvalue weighted by Gasteiger charge is -2.06. The number of thiazole rings is 1. The summed E-state index contributed by atoms with van der Waals surface area (Å²) in [6.45, 7) is 0. The van der Waals surface area contributed by atoms with E-state index in [0.717, 1.165) is 11.3 Å². The topological polar surface area (TPSA) is 89.3 Å². The first-order chi connectivity index (χ1) is 11.0. The number of nitrogens with two attached hydrogens (primary N) is 1. The van der Waals surface area contributed by atoms with Crippen molar-refractivity contribution in [1.29, 1.82) is 0 Å². The van der Waals surface area contributed by atoms with Gasteiger partial charge in [-0.05, 0) is 24.3 Å². The number of hydrogen-bond acceptors (Lipinski definition) is 6. The van der Waals surface area contributed by atoms with Crippen molar-refractivity contribution < 1.29 is 13.9 Å². The summed E-state index contributed by atoms with van der Waals surface area (Å²) in [5, 5.41) is 10.8. The number of fused-ring (bicyclic) bond motifs is 3. The minimum atomic E-state index is -0.597. The van der Waals surface area contributed by atoms with Gasteiger partial charge in [0, 0.05) is 5.56 Å². The van der Waals surface area contributed by atoms with Gasteiger partial charge in [0.2, 0.25) is 11.2 Å². The van der Waals surface area contributed by atoms with Crippen LogP contribution in [0.5, 0.6) is 5.75 Å². The molecule has 0 unspecified atom stereocenters. The Labute approximate surface area is 132 Å². The highest BCUT2D eigenvalue weighted by Gasteiger charge is 2.19. The van der Waals surface area contributed by atoms with Gasteiger partial charge in [-0.15, -0.1) is 0 Å². The number of aromatic hydroxyl groups is 1. The van der Waals surface area contributed by atoms with Crippen LogP contribution in [0.15, 0.2) is 45.6 Å². The van der Waals surface area contributed by atoms with Crippen molar-refractivity contribution in [2.24, 2.45) is 0 Å². The molecule has 0 radical (unpaired) electrons. The van der Waals surface area contributed by atoms with E-state index in [4.69, 9.17) is 10.2 Å². The molecule has 0 fully saturated rings. The number of anilines is 1. The van der Waals surface area contributed by atoms with Crippen LogP contribution in [0.2, 0.25) is 0 Å². The molecule has 0 spiro atoms. The second-order valence-electron chi connectivity index (χ2n) is 4.96. The van der Waals surface area contributed by atoms with E-state index in [1.54, 1.807) is 18.2 Å². The highest BCUT2D eigenvalue weighted by molar-refractivity contribution is 7.23. The van der Waals surface area contributed by atoms with Crippen molar-refractivity contribution in [3.8, 4) is 17.1 Å². The summed E-state index contributed by atoms with van der Waals surface area (Å²) in [7, 11) is 0. The highest BCUT2D eigenvalue weighted by atomic mass is 32.1. The first-order valence-corrected chi connectivity index (χ1v) is 7.47. The quantitative estimate of drug-likeness (QED) is 0.558. The molecule has 0 bridgehead atoms. The third-order valence-electron chi connectivity index (χ3n) is 3.49. The standard InChI is InChI=1S/C16H9FN2O3S/c17-8-3-1-2-7(6-8)14-13(21)12(20)11-10(22-14)5-4-9-15(11)23-16(18)19-9/h1-6,21H,(H2,18,19). The van der Waals surface area contributed by atoms with E-state index in [2.05, 4.69) is 4.98 Å². The Kier molecular flexibility index (Phi) is 2.85. The van der Waals surface area contributed by atoms with Gasteiger partial charge in [0.05, 0.1) is 15.6 Å². The normalized spacial score (nSPS) is 11.3. The Bertz CT molecular complexity index is 1130. The van der Waals surface area contributed by atoms with Gasteiger partial charge in [-0.1, -0.05) is 23.5 Å². The second-order valence-corrected chi connectivity index (χ2v) is 5.99. The van der Waals surface area contributed by atoms with Crippen molar-refractivity contribution in [3.05, 3.63) is 52.4 Å². The van der Waals surface area contributed by atoms with Crippen LogP contribution >= 0.6 is 11.3 Å². The van der Waals surface area contributed by atoms with Gasteiger partial charge in [0.1, 0.15) is 11.4 Å². The molecule has 23 heavy (non-hydrogen) atoms. The van der Waals surface area contributed by atoms with Crippen LogP contribution in [0.4, 0.5) is 9.52 Å². The molecule has 4 rings (SSSR count). The molecule has 2 aromatic carbocycles. The van der Waals surface area contributed by atoms with Crippen LogP contribution < -0.4 is 11.2 Å². The Morgan fingerprint density at radius 3 is 2.87 bits per heavy atom. The highest BCUT2D eigenvalue weighted by Crippen LogP contribution is 2.35. The summed E-state index contributed by atoms with van der Waals surface area (Å²) in [6.07, 6.45) is 0. The fraction of sp³-hybridized carbons (Fsp3) is 0. The minimum absolute atomic E-state index is 0.0705. The number of aromatic nitrogens is 1. The predicted molar refractivity (Wildman–Crippen MR) is 87.1 cm³/mol. The maximum absolute atomic E-state index is 13.4. The van der Waals surface area contributed by atoms with Crippen LogP contribution in [0, 0.1) is 5.82 Å².